The van der Waals surface area contributed by atoms with Crippen molar-refractivity contribution in [3.63, 3.8) is 0 Å². The van der Waals surface area contributed by atoms with Crippen LogP contribution in [0.1, 0.15) is 47.5 Å². The topological polar surface area (TPSA) is 40.5 Å². The quantitative estimate of drug-likeness (QED) is 0.762. The summed E-state index contributed by atoms with van der Waals surface area (Å²) >= 11 is 0. The maximum absolute atomic E-state index is 12.0. The van der Waals surface area contributed by atoms with Crippen LogP contribution in [0, 0.1) is 5.41 Å². The summed E-state index contributed by atoms with van der Waals surface area (Å²) in [4.78, 5) is 13.8. The lowest BCUT2D eigenvalue weighted by molar-refractivity contribution is -0.134. The lowest BCUT2D eigenvalue weighted by Crippen LogP contribution is -2.39. The van der Waals surface area contributed by atoms with Gasteiger partial charge in [0.25, 0.3) is 0 Å². The van der Waals surface area contributed by atoms with E-state index in [1.54, 1.807) is 0 Å². The van der Waals surface area contributed by atoms with E-state index >= 15 is 0 Å². The fourth-order valence-electron chi connectivity index (χ4n) is 1.47. The van der Waals surface area contributed by atoms with Crippen LogP contribution < -0.4 is 0 Å². The van der Waals surface area contributed by atoms with Crippen molar-refractivity contribution >= 4 is 5.91 Å². The predicted octanol–water partition coefficient (Wildman–Crippen LogP) is 2.04. The van der Waals surface area contributed by atoms with Crippen LogP contribution in [-0.4, -0.2) is 35.1 Å². The monoisotopic (exact) mass is 215 g/mol. The largest absolute Gasteiger partial charge is 0.396 e. The zero-order valence-corrected chi connectivity index (χ0v) is 10.7. The summed E-state index contributed by atoms with van der Waals surface area (Å²) in [6.45, 7) is 11.0. The van der Waals surface area contributed by atoms with Crippen LogP contribution >= 0.6 is 0 Å². The number of rotatable bonds is 5. The molecule has 0 aliphatic carbocycles. The Balaban J connectivity index is 4.29. The molecule has 0 aromatic carbocycles. The summed E-state index contributed by atoms with van der Waals surface area (Å²) in [5, 5.41) is 8.77. The maximum atomic E-state index is 12.0. The van der Waals surface area contributed by atoms with Gasteiger partial charge in [0, 0.05) is 25.6 Å². The van der Waals surface area contributed by atoms with Gasteiger partial charge < -0.3 is 10.0 Å². The molecule has 0 aliphatic heterocycles. The Bertz CT molecular complexity index is 194. The third-order valence-electron chi connectivity index (χ3n) is 2.18. The summed E-state index contributed by atoms with van der Waals surface area (Å²) < 4.78 is 0. The Hall–Kier alpha value is -0.570. The summed E-state index contributed by atoms with van der Waals surface area (Å²) in [5.74, 6) is 0.186. The third-order valence-corrected chi connectivity index (χ3v) is 2.18. The molecular weight excluding hydrogens is 190 g/mol. The molecule has 3 nitrogen and oxygen atoms in total. The molecule has 0 spiro atoms. The molecule has 0 aromatic heterocycles. The first-order valence-electron chi connectivity index (χ1n) is 5.68. The predicted molar refractivity (Wildman–Crippen MR) is 62.6 cm³/mol. The van der Waals surface area contributed by atoms with Crippen molar-refractivity contribution in [1.29, 1.82) is 0 Å². The third kappa shape index (κ3) is 6.50. The molecule has 0 saturated carbocycles. The summed E-state index contributed by atoms with van der Waals surface area (Å²) in [6.07, 6.45) is 1.23. The molecule has 0 rings (SSSR count). The van der Waals surface area contributed by atoms with E-state index in [4.69, 9.17) is 5.11 Å². The smallest absolute Gasteiger partial charge is 0.223 e. The first-order chi connectivity index (χ1) is 6.78. The van der Waals surface area contributed by atoms with E-state index in [1.165, 1.54) is 0 Å². The first-order valence-corrected chi connectivity index (χ1v) is 5.68. The van der Waals surface area contributed by atoms with E-state index in [-0.39, 0.29) is 24.0 Å². The number of carbonyl (C=O) groups excluding carboxylic acids is 1. The zero-order valence-electron chi connectivity index (χ0n) is 10.7. The van der Waals surface area contributed by atoms with Crippen molar-refractivity contribution in [2.24, 2.45) is 5.41 Å². The average molecular weight is 215 g/mol. The number of nitrogens with zero attached hydrogens (tertiary/aromatic N) is 1. The van der Waals surface area contributed by atoms with Crippen molar-refractivity contribution in [2.45, 2.75) is 53.5 Å². The average Bonchev–Trinajstić information content (AvgIpc) is 2.00. The van der Waals surface area contributed by atoms with Crippen LogP contribution in [-0.2, 0) is 4.79 Å². The van der Waals surface area contributed by atoms with Crippen LogP contribution in [0.25, 0.3) is 0 Å². The standard InChI is InChI=1S/C12H25NO2/c1-10(2)13(7-6-8-14)11(15)9-12(3,4)5/h10,14H,6-9H2,1-5H3. The molecule has 0 aromatic rings. The molecular formula is C12H25NO2. The van der Waals surface area contributed by atoms with Crippen molar-refractivity contribution in [2.75, 3.05) is 13.2 Å². The van der Waals surface area contributed by atoms with Gasteiger partial charge in [0.05, 0.1) is 0 Å². The fraction of sp³-hybridized carbons (Fsp3) is 0.917. The zero-order chi connectivity index (χ0) is 12.1. The molecule has 1 amide bonds. The van der Waals surface area contributed by atoms with E-state index in [1.807, 2.05) is 18.7 Å². The highest BCUT2D eigenvalue weighted by atomic mass is 16.3. The van der Waals surface area contributed by atoms with Gasteiger partial charge in [0.1, 0.15) is 0 Å². The van der Waals surface area contributed by atoms with Crippen LogP contribution in [0.4, 0.5) is 0 Å². The summed E-state index contributed by atoms with van der Waals surface area (Å²) in [5.41, 5.74) is 0.0312. The number of aliphatic hydroxyl groups excluding tert-OH is 1. The molecule has 90 valence electrons. The van der Waals surface area contributed by atoms with E-state index in [2.05, 4.69) is 20.8 Å². The molecule has 0 aliphatic rings. The van der Waals surface area contributed by atoms with Gasteiger partial charge in [-0.2, -0.15) is 0 Å². The first kappa shape index (κ1) is 14.4. The molecule has 1 N–H and O–H groups in total. The van der Waals surface area contributed by atoms with E-state index in [0.717, 1.165) is 0 Å². The summed E-state index contributed by atoms with van der Waals surface area (Å²) in [7, 11) is 0. The SMILES string of the molecule is CC(C)N(CCCO)C(=O)CC(C)(C)C. The maximum Gasteiger partial charge on any atom is 0.223 e. The van der Waals surface area contributed by atoms with Gasteiger partial charge in [-0.1, -0.05) is 20.8 Å². The van der Waals surface area contributed by atoms with Crippen molar-refractivity contribution < 1.29 is 9.90 Å². The second-order valence-corrected chi connectivity index (χ2v) is 5.50. The molecule has 0 fully saturated rings. The van der Waals surface area contributed by atoms with Crippen LogP contribution in [0.15, 0.2) is 0 Å². The molecule has 0 saturated heterocycles. The van der Waals surface area contributed by atoms with Gasteiger partial charge in [-0.3, -0.25) is 4.79 Å². The van der Waals surface area contributed by atoms with Crippen LogP contribution in [0.3, 0.4) is 0 Å². The summed E-state index contributed by atoms with van der Waals surface area (Å²) in [6, 6.07) is 0.214. The lowest BCUT2D eigenvalue weighted by Gasteiger charge is -2.29. The van der Waals surface area contributed by atoms with Gasteiger partial charge in [-0.05, 0) is 25.7 Å². The minimum absolute atomic E-state index is 0.0312. The Morgan fingerprint density at radius 2 is 1.87 bits per heavy atom. The van der Waals surface area contributed by atoms with Gasteiger partial charge in [0.2, 0.25) is 5.91 Å². The van der Waals surface area contributed by atoms with E-state index < -0.39 is 0 Å². The highest BCUT2D eigenvalue weighted by Crippen LogP contribution is 2.20. The van der Waals surface area contributed by atoms with E-state index in [0.29, 0.717) is 19.4 Å². The molecule has 0 atom stereocenters. The molecule has 3 heteroatoms. The number of amides is 1. The molecule has 0 radical (unpaired) electrons. The number of hydrogen-bond donors (Lipinski definition) is 1. The van der Waals surface area contributed by atoms with Crippen LogP contribution in [0.2, 0.25) is 0 Å². The van der Waals surface area contributed by atoms with Gasteiger partial charge in [-0.15, -0.1) is 0 Å². The van der Waals surface area contributed by atoms with Crippen molar-refractivity contribution in [3.05, 3.63) is 0 Å². The number of hydrogen-bond acceptors (Lipinski definition) is 2. The molecule has 0 unspecified atom stereocenters. The number of aliphatic hydroxyl groups is 1. The lowest BCUT2D eigenvalue weighted by atomic mass is 9.91. The second kappa shape index (κ2) is 6.11. The molecule has 15 heavy (non-hydrogen) atoms. The minimum atomic E-state index is 0.0312. The van der Waals surface area contributed by atoms with Gasteiger partial charge in [-0.25, -0.2) is 0 Å². The molecule has 0 heterocycles. The number of carbonyl (C=O) groups is 1. The second-order valence-electron chi connectivity index (χ2n) is 5.50. The minimum Gasteiger partial charge on any atom is -0.396 e. The Morgan fingerprint density at radius 3 is 2.20 bits per heavy atom. The van der Waals surface area contributed by atoms with Gasteiger partial charge >= 0.3 is 0 Å². The molecule has 0 bridgehead atoms. The highest BCUT2D eigenvalue weighted by molar-refractivity contribution is 5.77. The Labute approximate surface area is 93.5 Å². The highest BCUT2D eigenvalue weighted by Gasteiger charge is 2.22. The Morgan fingerprint density at radius 1 is 1.33 bits per heavy atom. The normalized spacial score (nSPS) is 11.9. The van der Waals surface area contributed by atoms with E-state index in [9.17, 15) is 4.79 Å². The van der Waals surface area contributed by atoms with Crippen LogP contribution in [0.5, 0.6) is 0 Å². The fourth-order valence-corrected chi connectivity index (χ4v) is 1.47. The van der Waals surface area contributed by atoms with Crippen molar-refractivity contribution in [1.82, 2.24) is 4.90 Å². The van der Waals surface area contributed by atoms with Crippen molar-refractivity contribution in [3.8, 4) is 0 Å². The van der Waals surface area contributed by atoms with Gasteiger partial charge in [0.15, 0.2) is 0 Å². The Kier molecular flexibility index (Phi) is 5.88.